The molecule has 0 radical (unpaired) electrons. The fourth-order valence-electron chi connectivity index (χ4n) is 1.97. The maximum absolute atomic E-state index is 12.0. The first-order valence-corrected chi connectivity index (χ1v) is 8.01. The van der Waals surface area contributed by atoms with Gasteiger partial charge in [-0.15, -0.1) is 0 Å². The molecule has 0 unspecified atom stereocenters. The van der Waals surface area contributed by atoms with Crippen molar-refractivity contribution in [2.24, 2.45) is 7.05 Å². The maximum atomic E-state index is 12.0. The third-order valence-corrected chi connectivity index (χ3v) is 3.74. The van der Waals surface area contributed by atoms with Gasteiger partial charge in [0.05, 0.1) is 0 Å². The van der Waals surface area contributed by atoms with Crippen molar-refractivity contribution >= 4 is 17.7 Å². The molecule has 1 N–H and O–H groups in total. The molecule has 0 saturated heterocycles. The van der Waals surface area contributed by atoms with Crippen LogP contribution in [0.15, 0.2) is 47.4 Å². The van der Waals surface area contributed by atoms with Crippen LogP contribution in [0.3, 0.4) is 0 Å². The van der Waals surface area contributed by atoms with E-state index in [1.54, 1.807) is 31.1 Å². The molecule has 21 heavy (non-hydrogen) atoms. The van der Waals surface area contributed by atoms with Gasteiger partial charge in [0.15, 0.2) is 0 Å². The van der Waals surface area contributed by atoms with Crippen LogP contribution in [-0.2, 0) is 19.3 Å². The quantitative estimate of drug-likeness (QED) is 0.921. The van der Waals surface area contributed by atoms with Gasteiger partial charge in [0.1, 0.15) is 0 Å². The molecule has 1 aromatic carbocycles. The summed E-state index contributed by atoms with van der Waals surface area (Å²) in [5.74, 6) is 0.722. The second-order valence-electron chi connectivity index (χ2n) is 4.80. The second-order valence-corrected chi connectivity index (χ2v) is 5.67. The van der Waals surface area contributed by atoms with Crippen molar-refractivity contribution in [3.8, 4) is 0 Å². The van der Waals surface area contributed by atoms with Crippen LogP contribution < -0.4 is 10.9 Å². The van der Waals surface area contributed by atoms with Gasteiger partial charge < -0.3 is 9.88 Å². The van der Waals surface area contributed by atoms with E-state index in [2.05, 4.69) is 23.7 Å². The normalized spacial score (nSPS) is 10.4. The number of hydrogen-bond donors (Lipinski definition) is 1. The number of thioether (sulfide) groups is 1. The van der Waals surface area contributed by atoms with Crippen LogP contribution in [-0.4, -0.2) is 16.7 Å². The summed E-state index contributed by atoms with van der Waals surface area (Å²) in [6.07, 6.45) is 3.65. The molecule has 2 aromatic rings. The topological polar surface area (TPSA) is 51.1 Å². The number of pyridine rings is 1. The molecule has 0 spiro atoms. The zero-order valence-corrected chi connectivity index (χ0v) is 12.9. The molecule has 110 valence electrons. The fraction of sp³-hybridized carbons (Fsp3) is 0.250. The molecular formula is C16H18N2O2S. The third-order valence-electron chi connectivity index (χ3n) is 3.12. The van der Waals surface area contributed by atoms with Gasteiger partial charge in [-0.05, 0) is 23.4 Å². The Hall–Kier alpha value is -2.01. The number of amides is 1. The van der Waals surface area contributed by atoms with E-state index in [4.69, 9.17) is 0 Å². The van der Waals surface area contributed by atoms with Crippen molar-refractivity contribution in [3.63, 3.8) is 0 Å². The number of carbonyl (C=O) groups is 1. The number of aromatic nitrogens is 1. The SMILES string of the molecule is CSCc1cccc(CNC(=O)c2ccn(C)c(=O)c2)c1. The Morgan fingerprint density at radius 2 is 2.00 bits per heavy atom. The highest BCUT2D eigenvalue weighted by molar-refractivity contribution is 7.97. The highest BCUT2D eigenvalue weighted by Crippen LogP contribution is 2.11. The summed E-state index contributed by atoms with van der Waals surface area (Å²) in [6.45, 7) is 0.455. The zero-order valence-electron chi connectivity index (χ0n) is 12.1. The minimum atomic E-state index is -0.233. The van der Waals surface area contributed by atoms with Crippen molar-refractivity contribution in [2.45, 2.75) is 12.3 Å². The van der Waals surface area contributed by atoms with Gasteiger partial charge in [-0.25, -0.2) is 0 Å². The van der Waals surface area contributed by atoms with Crippen molar-refractivity contribution in [3.05, 3.63) is 69.6 Å². The summed E-state index contributed by atoms with van der Waals surface area (Å²) in [4.78, 5) is 23.5. The summed E-state index contributed by atoms with van der Waals surface area (Å²) < 4.78 is 1.43. The molecule has 0 atom stereocenters. The lowest BCUT2D eigenvalue weighted by atomic mass is 10.1. The van der Waals surface area contributed by atoms with Crippen LogP contribution in [0, 0.1) is 0 Å². The van der Waals surface area contributed by atoms with Crippen molar-refractivity contribution in [1.82, 2.24) is 9.88 Å². The molecule has 0 aliphatic rings. The number of nitrogens with zero attached hydrogens (tertiary/aromatic N) is 1. The minimum absolute atomic E-state index is 0.190. The van der Waals surface area contributed by atoms with Gasteiger partial charge in [0, 0.05) is 37.2 Å². The average molecular weight is 302 g/mol. The Kier molecular flexibility index (Phi) is 5.22. The highest BCUT2D eigenvalue weighted by Gasteiger charge is 2.06. The molecular weight excluding hydrogens is 284 g/mol. The lowest BCUT2D eigenvalue weighted by Gasteiger charge is -2.07. The summed E-state index contributed by atoms with van der Waals surface area (Å²) in [7, 11) is 1.65. The summed E-state index contributed by atoms with van der Waals surface area (Å²) in [6, 6.07) is 11.1. The Bertz CT molecular complexity index is 695. The van der Waals surface area contributed by atoms with Crippen LogP contribution in [0.5, 0.6) is 0 Å². The average Bonchev–Trinajstić information content (AvgIpc) is 2.48. The standard InChI is InChI=1S/C16H18N2O2S/c1-18-7-6-14(9-15(18)19)16(20)17-10-12-4-3-5-13(8-12)11-21-2/h3-9H,10-11H2,1-2H3,(H,17,20). The Balaban J connectivity index is 2.02. The predicted octanol–water partition coefficient (Wildman–Crippen LogP) is 2.18. The van der Waals surface area contributed by atoms with Gasteiger partial charge in [0.25, 0.3) is 11.5 Å². The number of benzene rings is 1. The van der Waals surface area contributed by atoms with Crippen molar-refractivity contribution < 1.29 is 4.79 Å². The number of aryl methyl sites for hydroxylation is 1. The molecule has 0 saturated carbocycles. The number of carbonyl (C=O) groups excluding carboxylic acids is 1. The van der Waals surface area contributed by atoms with Crippen molar-refractivity contribution in [1.29, 1.82) is 0 Å². The van der Waals surface area contributed by atoms with E-state index in [0.717, 1.165) is 11.3 Å². The van der Waals surface area contributed by atoms with Gasteiger partial charge >= 0.3 is 0 Å². The van der Waals surface area contributed by atoms with Crippen LogP contribution in [0.1, 0.15) is 21.5 Å². The minimum Gasteiger partial charge on any atom is -0.348 e. The lowest BCUT2D eigenvalue weighted by Crippen LogP contribution is -2.25. The first kappa shape index (κ1) is 15.4. The number of hydrogen-bond acceptors (Lipinski definition) is 3. The van der Waals surface area contributed by atoms with E-state index < -0.39 is 0 Å². The highest BCUT2D eigenvalue weighted by atomic mass is 32.2. The summed E-state index contributed by atoms with van der Waals surface area (Å²) in [5, 5.41) is 2.84. The van der Waals surface area contributed by atoms with Crippen LogP contribution in [0.25, 0.3) is 0 Å². The van der Waals surface area contributed by atoms with E-state index >= 15 is 0 Å². The Labute approximate surface area is 128 Å². The molecule has 1 aromatic heterocycles. The van der Waals surface area contributed by atoms with E-state index in [1.807, 2.05) is 12.1 Å². The molecule has 4 nitrogen and oxygen atoms in total. The first-order valence-electron chi connectivity index (χ1n) is 6.62. The van der Waals surface area contributed by atoms with Crippen LogP contribution in [0.4, 0.5) is 0 Å². The number of nitrogens with one attached hydrogen (secondary N) is 1. The smallest absolute Gasteiger partial charge is 0.251 e. The van der Waals surface area contributed by atoms with Crippen LogP contribution in [0.2, 0.25) is 0 Å². The third kappa shape index (κ3) is 4.23. The molecule has 1 amide bonds. The van der Waals surface area contributed by atoms with Gasteiger partial charge in [-0.3, -0.25) is 9.59 Å². The fourth-order valence-corrected chi connectivity index (χ4v) is 2.48. The Morgan fingerprint density at radius 3 is 2.71 bits per heavy atom. The summed E-state index contributed by atoms with van der Waals surface area (Å²) >= 11 is 1.76. The summed E-state index contributed by atoms with van der Waals surface area (Å²) in [5.41, 5.74) is 2.49. The molecule has 0 fully saturated rings. The lowest BCUT2D eigenvalue weighted by molar-refractivity contribution is 0.0950. The monoisotopic (exact) mass is 302 g/mol. The second kappa shape index (κ2) is 7.13. The largest absolute Gasteiger partial charge is 0.348 e. The van der Waals surface area contributed by atoms with E-state index in [9.17, 15) is 9.59 Å². The predicted molar refractivity (Wildman–Crippen MR) is 86.5 cm³/mol. The first-order chi connectivity index (χ1) is 10.1. The van der Waals surface area contributed by atoms with Crippen LogP contribution >= 0.6 is 11.8 Å². The molecule has 0 aliphatic heterocycles. The molecule has 5 heteroatoms. The van der Waals surface area contributed by atoms with E-state index in [0.29, 0.717) is 12.1 Å². The maximum Gasteiger partial charge on any atom is 0.251 e. The van der Waals surface area contributed by atoms with Gasteiger partial charge in [-0.1, -0.05) is 24.3 Å². The molecule has 0 aliphatic carbocycles. The molecule has 2 rings (SSSR count). The van der Waals surface area contributed by atoms with E-state index in [-0.39, 0.29) is 11.5 Å². The molecule has 1 heterocycles. The molecule has 0 bridgehead atoms. The zero-order chi connectivity index (χ0) is 15.2. The van der Waals surface area contributed by atoms with Gasteiger partial charge in [-0.2, -0.15) is 11.8 Å². The Morgan fingerprint density at radius 1 is 1.24 bits per heavy atom. The van der Waals surface area contributed by atoms with Crippen molar-refractivity contribution in [2.75, 3.05) is 6.26 Å². The van der Waals surface area contributed by atoms with E-state index in [1.165, 1.54) is 16.2 Å². The number of rotatable bonds is 5. The van der Waals surface area contributed by atoms with Gasteiger partial charge in [0.2, 0.25) is 0 Å².